The molecule has 4 heteroatoms. The lowest BCUT2D eigenvalue weighted by Crippen LogP contribution is -2.15. The van der Waals surface area contributed by atoms with Crippen molar-refractivity contribution in [3.63, 3.8) is 0 Å². The summed E-state index contributed by atoms with van der Waals surface area (Å²) in [6.45, 7) is 4.76. The molecular weight excluding hydrogens is 801 g/mol. The van der Waals surface area contributed by atoms with Gasteiger partial charge in [-0.05, 0) is 103 Å². The zero-order valence-corrected chi connectivity index (χ0v) is 36.6. The Morgan fingerprint density at radius 2 is 0.879 bits per heavy atom. The van der Waals surface area contributed by atoms with E-state index in [-0.39, 0.29) is 5.41 Å². The summed E-state index contributed by atoms with van der Waals surface area (Å²) in [6, 6.07) is 78.3. The maximum atomic E-state index is 5.32. The van der Waals surface area contributed by atoms with Gasteiger partial charge in [-0.15, -0.1) is 0 Å². The van der Waals surface area contributed by atoms with E-state index in [1.165, 1.54) is 54.8 Å². The largest absolute Gasteiger partial charge is 0.309 e. The highest BCUT2D eigenvalue weighted by Crippen LogP contribution is 2.53. The molecule has 0 N–H and O–H groups in total. The van der Waals surface area contributed by atoms with Gasteiger partial charge in [-0.3, -0.25) is 0 Å². The second-order valence-corrected chi connectivity index (χ2v) is 18.0. The van der Waals surface area contributed by atoms with Crippen LogP contribution in [0.5, 0.6) is 0 Å². The molecule has 13 rings (SSSR count). The Morgan fingerprint density at radius 1 is 0.333 bits per heavy atom. The first kappa shape index (κ1) is 38.0. The van der Waals surface area contributed by atoms with Gasteiger partial charge in [0.1, 0.15) is 0 Å². The topological polar surface area (TPSA) is 43.6 Å². The molecule has 1 aliphatic rings. The van der Waals surface area contributed by atoms with E-state index in [0.29, 0.717) is 17.5 Å². The van der Waals surface area contributed by atoms with Crippen LogP contribution in [0.3, 0.4) is 0 Å². The fraction of sp³-hybridized carbons (Fsp3) is 0.0484. The monoisotopic (exact) mass is 842 g/mol. The van der Waals surface area contributed by atoms with Crippen LogP contribution in [0, 0.1) is 0 Å². The van der Waals surface area contributed by atoms with Crippen LogP contribution in [0.4, 0.5) is 0 Å². The minimum absolute atomic E-state index is 0.175. The highest BCUT2D eigenvalue weighted by Gasteiger charge is 2.37. The Hall–Kier alpha value is -8.47. The van der Waals surface area contributed by atoms with E-state index in [4.69, 9.17) is 15.0 Å². The maximum Gasteiger partial charge on any atom is 0.164 e. The van der Waals surface area contributed by atoms with Crippen LogP contribution in [-0.4, -0.2) is 19.5 Å². The quantitative estimate of drug-likeness (QED) is 0.167. The molecule has 2 aromatic heterocycles. The molecule has 0 spiro atoms. The van der Waals surface area contributed by atoms with Gasteiger partial charge in [0.25, 0.3) is 0 Å². The average Bonchev–Trinajstić information content (AvgIpc) is 3.82. The van der Waals surface area contributed by atoms with Crippen molar-refractivity contribution in [1.82, 2.24) is 19.5 Å². The Balaban J connectivity index is 1.02. The summed E-state index contributed by atoms with van der Waals surface area (Å²) in [5.41, 5.74) is 16.0. The molecule has 0 saturated carbocycles. The molecule has 12 aromatic rings. The predicted octanol–water partition coefficient (Wildman–Crippen LogP) is 15.9. The van der Waals surface area contributed by atoms with Gasteiger partial charge < -0.3 is 4.57 Å². The molecule has 0 unspecified atom stereocenters. The average molecular weight is 843 g/mol. The Bertz CT molecular complexity index is 3800. The third-order valence-corrected chi connectivity index (χ3v) is 13.8. The smallest absolute Gasteiger partial charge is 0.164 e. The summed E-state index contributed by atoms with van der Waals surface area (Å²) in [6.07, 6.45) is 0. The van der Waals surface area contributed by atoms with Crippen molar-refractivity contribution in [3.05, 3.63) is 230 Å². The highest BCUT2D eigenvalue weighted by atomic mass is 15.0. The van der Waals surface area contributed by atoms with E-state index in [1.54, 1.807) is 0 Å². The van der Waals surface area contributed by atoms with Crippen LogP contribution < -0.4 is 0 Å². The zero-order chi connectivity index (χ0) is 43.9. The third kappa shape index (κ3) is 5.95. The summed E-state index contributed by atoms with van der Waals surface area (Å²) in [7, 11) is 0. The number of rotatable bonds is 6. The van der Waals surface area contributed by atoms with Gasteiger partial charge in [-0.2, -0.15) is 0 Å². The number of hydrogen-bond acceptors (Lipinski definition) is 3. The minimum atomic E-state index is -0.175. The summed E-state index contributed by atoms with van der Waals surface area (Å²) < 4.78 is 2.47. The fourth-order valence-corrected chi connectivity index (χ4v) is 10.6. The van der Waals surface area contributed by atoms with E-state index in [9.17, 15) is 0 Å². The molecule has 310 valence electrons. The fourth-order valence-electron chi connectivity index (χ4n) is 10.6. The van der Waals surface area contributed by atoms with Crippen LogP contribution in [0.2, 0.25) is 0 Å². The lowest BCUT2D eigenvalue weighted by Gasteiger charge is -2.22. The van der Waals surface area contributed by atoms with Crippen molar-refractivity contribution >= 4 is 43.4 Å². The van der Waals surface area contributed by atoms with Crippen LogP contribution in [0.15, 0.2) is 218 Å². The molecule has 2 heterocycles. The van der Waals surface area contributed by atoms with Crippen LogP contribution in [-0.2, 0) is 5.41 Å². The highest BCUT2D eigenvalue weighted by molar-refractivity contribution is 6.15. The van der Waals surface area contributed by atoms with E-state index < -0.39 is 0 Å². The van der Waals surface area contributed by atoms with Crippen molar-refractivity contribution in [2.75, 3.05) is 0 Å². The maximum absolute atomic E-state index is 5.32. The standard InChI is InChI=1S/C62H42N4/c1-62(2)53-33-31-41-21-9-10-26-46(41)58(53)52-37-51-49-29-13-14-30-55(49)66(57(51)38-54(52)62)56-34-32-50(47-27-11-12-28-48(47)56)61-64-59(44-24-15-22-42(35-44)39-17-5-3-6-18-39)63-60(65-61)45-25-16-23-43(36-45)40-19-7-4-8-20-40/h3-38H,1-2H3. The third-order valence-electron chi connectivity index (χ3n) is 13.8. The number of aromatic nitrogens is 4. The van der Waals surface area contributed by atoms with Crippen molar-refractivity contribution in [2.45, 2.75) is 19.3 Å². The van der Waals surface area contributed by atoms with Crippen LogP contribution in [0.25, 0.3) is 117 Å². The predicted molar refractivity (Wildman–Crippen MR) is 274 cm³/mol. The summed E-state index contributed by atoms with van der Waals surface area (Å²) in [4.78, 5) is 15.9. The van der Waals surface area contributed by atoms with E-state index in [1.807, 2.05) is 12.1 Å². The number of hydrogen-bond donors (Lipinski definition) is 0. The minimum Gasteiger partial charge on any atom is -0.309 e. The molecular formula is C62H42N4. The first-order valence-electron chi connectivity index (χ1n) is 22.7. The van der Waals surface area contributed by atoms with Gasteiger partial charge >= 0.3 is 0 Å². The van der Waals surface area contributed by atoms with Gasteiger partial charge in [0.05, 0.1) is 16.7 Å². The SMILES string of the molecule is CC1(C)c2cc3c(cc2-c2c1ccc1ccccc21)c1ccccc1n3-c1ccc(-c2nc(-c3cccc(-c4ccccc4)c3)nc(-c3cccc(-c4ccccc4)c3)n2)c2ccccc12. The number of fused-ring (bicyclic) bond motifs is 9. The summed E-state index contributed by atoms with van der Waals surface area (Å²) >= 11 is 0. The van der Waals surface area contributed by atoms with Crippen molar-refractivity contribution in [2.24, 2.45) is 0 Å². The first-order chi connectivity index (χ1) is 32.5. The van der Waals surface area contributed by atoms with Crippen molar-refractivity contribution in [3.8, 4) is 73.2 Å². The van der Waals surface area contributed by atoms with E-state index in [2.05, 4.69) is 225 Å². The summed E-state index contributed by atoms with van der Waals surface area (Å²) in [5, 5.41) is 7.25. The molecule has 0 radical (unpaired) electrons. The van der Waals surface area contributed by atoms with Crippen molar-refractivity contribution in [1.29, 1.82) is 0 Å². The Labute approximate surface area is 383 Å². The van der Waals surface area contributed by atoms with Crippen LogP contribution >= 0.6 is 0 Å². The molecule has 0 saturated heterocycles. The van der Waals surface area contributed by atoms with Gasteiger partial charge in [0, 0.05) is 38.3 Å². The number of para-hydroxylation sites is 1. The van der Waals surface area contributed by atoms with Gasteiger partial charge in [0.2, 0.25) is 0 Å². The molecule has 66 heavy (non-hydrogen) atoms. The lowest BCUT2D eigenvalue weighted by atomic mass is 9.82. The van der Waals surface area contributed by atoms with Gasteiger partial charge in [-0.25, -0.2) is 15.0 Å². The number of benzene rings is 10. The van der Waals surface area contributed by atoms with Gasteiger partial charge in [0.15, 0.2) is 17.5 Å². The van der Waals surface area contributed by atoms with Gasteiger partial charge in [-0.1, -0.05) is 190 Å². The molecule has 0 amide bonds. The number of nitrogens with zero attached hydrogens (tertiary/aromatic N) is 4. The Morgan fingerprint density at radius 3 is 1.56 bits per heavy atom. The molecule has 0 bridgehead atoms. The molecule has 0 atom stereocenters. The molecule has 10 aromatic carbocycles. The van der Waals surface area contributed by atoms with E-state index in [0.717, 1.165) is 55.4 Å². The van der Waals surface area contributed by atoms with Crippen LogP contribution in [0.1, 0.15) is 25.0 Å². The second-order valence-electron chi connectivity index (χ2n) is 18.0. The second kappa shape index (κ2) is 14.8. The zero-order valence-electron chi connectivity index (χ0n) is 36.6. The summed E-state index contributed by atoms with van der Waals surface area (Å²) in [5.74, 6) is 1.87. The normalized spacial score (nSPS) is 12.8. The van der Waals surface area contributed by atoms with E-state index >= 15 is 0 Å². The van der Waals surface area contributed by atoms with Crippen molar-refractivity contribution < 1.29 is 0 Å². The lowest BCUT2D eigenvalue weighted by molar-refractivity contribution is 0.661. The molecule has 0 fully saturated rings. The first-order valence-corrected chi connectivity index (χ1v) is 22.7. The molecule has 0 aliphatic heterocycles. The Kier molecular flexibility index (Phi) is 8.53. The molecule has 4 nitrogen and oxygen atoms in total. The molecule has 1 aliphatic carbocycles.